The second-order valence-electron chi connectivity index (χ2n) is 4.58. The van der Waals surface area contributed by atoms with Crippen LogP contribution in [0.2, 0.25) is 0 Å². The van der Waals surface area contributed by atoms with Crippen molar-refractivity contribution in [2.24, 2.45) is 0 Å². The van der Waals surface area contributed by atoms with Crippen LogP contribution in [-0.4, -0.2) is 42.8 Å². The summed E-state index contributed by atoms with van der Waals surface area (Å²) in [6.45, 7) is 4.70. The van der Waals surface area contributed by atoms with Crippen LogP contribution in [0.4, 0.5) is 0 Å². The summed E-state index contributed by atoms with van der Waals surface area (Å²) < 4.78 is 0. The van der Waals surface area contributed by atoms with E-state index in [0.717, 1.165) is 13.1 Å². The van der Waals surface area contributed by atoms with Gasteiger partial charge in [0.2, 0.25) is 0 Å². The van der Waals surface area contributed by atoms with Gasteiger partial charge >= 0.3 is 0 Å². The molecule has 1 atom stereocenters. The van der Waals surface area contributed by atoms with Gasteiger partial charge in [-0.15, -0.1) is 0 Å². The number of likely N-dealkylation sites (N-methyl/N-ethyl adjacent to an activating group) is 1. The molecule has 0 saturated carbocycles. The number of nitrogens with zero attached hydrogens (tertiary/aromatic N) is 2. The maximum Gasteiger partial charge on any atom is 0.0991 e. The summed E-state index contributed by atoms with van der Waals surface area (Å²) in [7, 11) is 2.00. The standard InChI is InChI=1S/C14H21N3O/c1-12(11-17(2)7-8-18)16-10-14-5-3-13(9-15)4-6-14/h3-6,12,16,18H,7-8,10-11H2,1-2H3/t12-/m0/s1. The maximum absolute atomic E-state index is 8.82. The van der Waals surface area contributed by atoms with Crippen molar-refractivity contribution < 1.29 is 5.11 Å². The Morgan fingerprint density at radius 1 is 1.39 bits per heavy atom. The first kappa shape index (κ1) is 14.7. The molecule has 0 bridgehead atoms. The summed E-state index contributed by atoms with van der Waals surface area (Å²) in [5.74, 6) is 0. The maximum atomic E-state index is 8.82. The summed E-state index contributed by atoms with van der Waals surface area (Å²) in [6, 6.07) is 10.1. The molecule has 98 valence electrons. The predicted octanol–water partition coefficient (Wildman–Crippen LogP) is 0.960. The molecule has 1 aromatic carbocycles. The van der Waals surface area contributed by atoms with Gasteiger partial charge in [0.05, 0.1) is 18.2 Å². The Hall–Kier alpha value is -1.41. The number of benzene rings is 1. The summed E-state index contributed by atoms with van der Waals surface area (Å²) in [6.07, 6.45) is 0. The third-order valence-corrected chi connectivity index (χ3v) is 2.80. The predicted molar refractivity (Wildman–Crippen MR) is 72.0 cm³/mol. The van der Waals surface area contributed by atoms with Crippen molar-refractivity contribution in [3.05, 3.63) is 35.4 Å². The van der Waals surface area contributed by atoms with Gasteiger partial charge in [0.15, 0.2) is 0 Å². The molecule has 0 fully saturated rings. The Bertz CT molecular complexity index is 383. The van der Waals surface area contributed by atoms with E-state index in [-0.39, 0.29) is 6.61 Å². The van der Waals surface area contributed by atoms with Crippen molar-refractivity contribution in [2.45, 2.75) is 19.5 Å². The van der Waals surface area contributed by atoms with E-state index in [2.05, 4.69) is 23.2 Å². The molecular weight excluding hydrogens is 226 g/mol. The molecular formula is C14H21N3O. The second-order valence-corrected chi connectivity index (χ2v) is 4.58. The van der Waals surface area contributed by atoms with Crippen LogP contribution in [0.15, 0.2) is 24.3 Å². The Morgan fingerprint density at radius 3 is 2.61 bits per heavy atom. The lowest BCUT2D eigenvalue weighted by atomic mass is 10.1. The van der Waals surface area contributed by atoms with E-state index in [4.69, 9.17) is 10.4 Å². The molecule has 4 heteroatoms. The fourth-order valence-corrected chi connectivity index (χ4v) is 1.78. The number of nitriles is 1. The SMILES string of the molecule is C[C@@H](CN(C)CCO)NCc1ccc(C#N)cc1. The fourth-order valence-electron chi connectivity index (χ4n) is 1.78. The number of hydrogen-bond donors (Lipinski definition) is 2. The number of nitrogens with one attached hydrogen (secondary N) is 1. The van der Waals surface area contributed by atoms with E-state index in [1.807, 2.05) is 31.3 Å². The molecule has 0 aliphatic rings. The minimum atomic E-state index is 0.193. The summed E-state index contributed by atoms with van der Waals surface area (Å²) >= 11 is 0. The molecule has 0 amide bonds. The minimum absolute atomic E-state index is 0.193. The quantitative estimate of drug-likeness (QED) is 0.753. The number of hydrogen-bond acceptors (Lipinski definition) is 4. The number of aliphatic hydroxyl groups excluding tert-OH is 1. The molecule has 18 heavy (non-hydrogen) atoms. The largest absolute Gasteiger partial charge is 0.395 e. The molecule has 0 spiro atoms. The molecule has 0 aliphatic carbocycles. The lowest BCUT2D eigenvalue weighted by Gasteiger charge is -2.21. The van der Waals surface area contributed by atoms with E-state index >= 15 is 0 Å². The normalized spacial score (nSPS) is 12.4. The van der Waals surface area contributed by atoms with Crippen molar-refractivity contribution in [3.8, 4) is 6.07 Å². The van der Waals surface area contributed by atoms with Crippen LogP contribution in [0.5, 0.6) is 0 Å². The van der Waals surface area contributed by atoms with Gasteiger partial charge in [-0.1, -0.05) is 12.1 Å². The molecule has 0 saturated heterocycles. The van der Waals surface area contributed by atoms with Gasteiger partial charge in [-0.05, 0) is 31.7 Å². The van der Waals surface area contributed by atoms with E-state index in [9.17, 15) is 0 Å². The molecule has 4 nitrogen and oxygen atoms in total. The third kappa shape index (κ3) is 5.28. The topological polar surface area (TPSA) is 59.3 Å². The summed E-state index contributed by atoms with van der Waals surface area (Å²) in [5.41, 5.74) is 1.86. The van der Waals surface area contributed by atoms with Crippen LogP contribution >= 0.6 is 0 Å². The van der Waals surface area contributed by atoms with Gasteiger partial charge in [0.25, 0.3) is 0 Å². The first-order chi connectivity index (χ1) is 8.65. The lowest BCUT2D eigenvalue weighted by Crippen LogP contribution is -2.38. The van der Waals surface area contributed by atoms with Crippen molar-refractivity contribution in [3.63, 3.8) is 0 Å². The van der Waals surface area contributed by atoms with Crippen LogP contribution in [-0.2, 0) is 6.54 Å². The average molecular weight is 247 g/mol. The highest BCUT2D eigenvalue weighted by atomic mass is 16.3. The zero-order valence-corrected chi connectivity index (χ0v) is 11.1. The zero-order valence-electron chi connectivity index (χ0n) is 11.1. The van der Waals surface area contributed by atoms with Crippen LogP contribution in [0.25, 0.3) is 0 Å². The number of rotatable bonds is 7. The minimum Gasteiger partial charge on any atom is -0.395 e. The van der Waals surface area contributed by atoms with Crippen LogP contribution < -0.4 is 5.32 Å². The molecule has 0 aliphatic heterocycles. The molecule has 0 unspecified atom stereocenters. The zero-order chi connectivity index (χ0) is 13.4. The Labute approximate surface area is 109 Å². The van der Waals surface area contributed by atoms with E-state index in [1.165, 1.54) is 5.56 Å². The number of aliphatic hydroxyl groups is 1. The van der Waals surface area contributed by atoms with Crippen molar-refractivity contribution in [2.75, 3.05) is 26.7 Å². The Morgan fingerprint density at radius 2 is 2.06 bits per heavy atom. The van der Waals surface area contributed by atoms with E-state index in [1.54, 1.807) is 0 Å². The van der Waals surface area contributed by atoms with Crippen LogP contribution in [0.1, 0.15) is 18.1 Å². The highest BCUT2D eigenvalue weighted by Crippen LogP contribution is 2.03. The molecule has 0 aromatic heterocycles. The molecule has 0 radical (unpaired) electrons. The van der Waals surface area contributed by atoms with Crippen molar-refractivity contribution in [1.29, 1.82) is 5.26 Å². The van der Waals surface area contributed by atoms with Gasteiger partial charge in [-0.2, -0.15) is 5.26 Å². The molecule has 2 N–H and O–H groups in total. The van der Waals surface area contributed by atoms with Crippen LogP contribution in [0.3, 0.4) is 0 Å². The first-order valence-corrected chi connectivity index (χ1v) is 6.17. The van der Waals surface area contributed by atoms with Crippen molar-refractivity contribution in [1.82, 2.24) is 10.2 Å². The van der Waals surface area contributed by atoms with Gasteiger partial charge in [0.1, 0.15) is 0 Å². The molecule has 1 rings (SSSR count). The fraction of sp³-hybridized carbons (Fsp3) is 0.500. The van der Waals surface area contributed by atoms with Gasteiger partial charge < -0.3 is 15.3 Å². The van der Waals surface area contributed by atoms with Gasteiger partial charge in [-0.3, -0.25) is 0 Å². The van der Waals surface area contributed by atoms with Gasteiger partial charge in [-0.25, -0.2) is 0 Å². The average Bonchev–Trinajstić information content (AvgIpc) is 2.37. The molecule has 1 aromatic rings. The summed E-state index contributed by atoms with van der Waals surface area (Å²) in [4.78, 5) is 2.09. The van der Waals surface area contributed by atoms with Gasteiger partial charge in [0, 0.05) is 25.7 Å². The first-order valence-electron chi connectivity index (χ1n) is 6.17. The monoisotopic (exact) mass is 247 g/mol. The lowest BCUT2D eigenvalue weighted by molar-refractivity contribution is 0.210. The Kier molecular flexibility index (Phi) is 6.37. The van der Waals surface area contributed by atoms with E-state index in [0.29, 0.717) is 18.2 Å². The highest BCUT2D eigenvalue weighted by molar-refractivity contribution is 5.31. The smallest absolute Gasteiger partial charge is 0.0991 e. The molecule has 0 heterocycles. The van der Waals surface area contributed by atoms with Crippen LogP contribution in [0, 0.1) is 11.3 Å². The third-order valence-electron chi connectivity index (χ3n) is 2.80. The summed E-state index contributed by atoms with van der Waals surface area (Å²) in [5, 5.41) is 20.9. The van der Waals surface area contributed by atoms with Crippen molar-refractivity contribution >= 4 is 0 Å². The Balaban J connectivity index is 2.33. The second kappa shape index (κ2) is 7.83. The van der Waals surface area contributed by atoms with E-state index < -0.39 is 0 Å². The highest BCUT2D eigenvalue weighted by Gasteiger charge is 2.05.